The van der Waals surface area contributed by atoms with Gasteiger partial charge in [0.05, 0.1) is 5.52 Å². The maximum absolute atomic E-state index is 4.52. The Bertz CT molecular complexity index is 607. The zero-order chi connectivity index (χ0) is 14.2. The average molecular weight is 269 g/mol. The Hall–Kier alpha value is -1.61. The Balaban J connectivity index is 2.11. The fraction of sp³-hybridized carbons (Fsp3) is 0.471. The monoisotopic (exact) mass is 269 g/mol. The van der Waals surface area contributed by atoms with Crippen molar-refractivity contribution in [3.8, 4) is 0 Å². The molecule has 0 amide bonds. The van der Waals surface area contributed by atoms with E-state index in [1.165, 1.54) is 16.6 Å². The number of fused-ring (bicyclic) bond motifs is 1. The third-order valence-corrected chi connectivity index (χ3v) is 4.04. The van der Waals surface area contributed by atoms with Gasteiger partial charge < -0.3 is 10.2 Å². The first-order valence-corrected chi connectivity index (χ1v) is 7.41. The topological polar surface area (TPSA) is 28.2 Å². The Kier molecular flexibility index (Phi) is 3.38. The van der Waals surface area contributed by atoms with Crippen LogP contribution in [0.3, 0.4) is 0 Å². The Morgan fingerprint density at radius 1 is 1.10 bits per heavy atom. The van der Waals surface area contributed by atoms with Gasteiger partial charge in [0.2, 0.25) is 0 Å². The highest BCUT2D eigenvalue weighted by atomic mass is 15.2. The maximum Gasteiger partial charge on any atom is 0.0723 e. The summed E-state index contributed by atoms with van der Waals surface area (Å²) in [4.78, 5) is 6.98. The molecule has 3 nitrogen and oxygen atoms in total. The number of hydrogen-bond donors (Lipinski definition) is 1. The molecule has 1 aromatic heterocycles. The summed E-state index contributed by atoms with van der Waals surface area (Å²) < 4.78 is 0. The third kappa shape index (κ3) is 2.50. The lowest BCUT2D eigenvalue weighted by Crippen LogP contribution is -2.43. The summed E-state index contributed by atoms with van der Waals surface area (Å²) in [6, 6.07) is 8.83. The summed E-state index contributed by atoms with van der Waals surface area (Å²) in [5, 5.41) is 4.69. The summed E-state index contributed by atoms with van der Waals surface area (Å²) in [5.74, 6) is 0. The molecule has 1 fully saturated rings. The molecule has 0 aliphatic carbocycles. The first-order chi connectivity index (χ1) is 9.55. The quantitative estimate of drug-likeness (QED) is 0.862. The van der Waals surface area contributed by atoms with E-state index in [-0.39, 0.29) is 5.41 Å². The second-order valence-corrected chi connectivity index (χ2v) is 6.55. The molecule has 1 saturated heterocycles. The van der Waals surface area contributed by atoms with Crippen LogP contribution in [0.1, 0.15) is 26.3 Å². The number of piperazine rings is 1. The largest absolute Gasteiger partial charge is 0.368 e. The molecule has 0 bridgehead atoms. The first kappa shape index (κ1) is 13.4. The average Bonchev–Trinajstić information content (AvgIpc) is 2.46. The number of rotatable bonds is 1. The molecule has 3 rings (SSSR count). The molecule has 0 saturated carbocycles. The lowest BCUT2D eigenvalue weighted by Gasteiger charge is -2.30. The minimum Gasteiger partial charge on any atom is -0.368 e. The molecule has 0 unspecified atom stereocenters. The number of benzene rings is 1. The fourth-order valence-corrected chi connectivity index (χ4v) is 2.78. The predicted octanol–water partition coefficient (Wildman–Crippen LogP) is 2.94. The van der Waals surface area contributed by atoms with Crippen LogP contribution in [0, 0.1) is 0 Å². The molecule has 2 heterocycles. The summed E-state index contributed by atoms with van der Waals surface area (Å²) in [7, 11) is 0. The van der Waals surface area contributed by atoms with E-state index < -0.39 is 0 Å². The van der Waals surface area contributed by atoms with Gasteiger partial charge in [0.15, 0.2) is 0 Å². The lowest BCUT2D eigenvalue weighted by molar-refractivity contribution is 0.588. The predicted molar refractivity (Wildman–Crippen MR) is 85.5 cm³/mol. The molecule has 3 heteroatoms. The van der Waals surface area contributed by atoms with Gasteiger partial charge in [0, 0.05) is 43.4 Å². The van der Waals surface area contributed by atoms with Gasteiger partial charge in [-0.15, -0.1) is 0 Å². The summed E-state index contributed by atoms with van der Waals surface area (Å²) >= 11 is 0. The SMILES string of the molecule is CC(C)(C)c1ccc2nccc(N3CCNCC3)c2c1. The molecule has 20 heavy (non-hydrogen) atoms. The van der Waals surface area contributed by atoms with E-state index in [1.807, 2.05) is 6.20 Å². The first-order valence-electron chi connectivity index (χ1n) is 7.41. The zero-order valence-electron chi connectivity index (χ0n) is 12.6. The molecule has 1 aromatic carbocycles. The fourth-order valence-electron chi connectivity index (χ4n) is 2.78. The van der Waals surface area contributed by atoms with Gasteiger partial charge in [-0.25, -0.2) is 0 Å². The highest BCUT2D eigenvalue weighted by Gasteiger charge is 2.17. The van der Waals surface area contributed by atoms with Gasteiger partial charge >= 0.3 is 0 Å². The van der Waals surface area contributed by atoms with Crippen LogP contribution in [0.5, 0.6) is 0 Å². The van der Waals surface area contributed by atoms with Crippen molar-refractivity contribution in [3.63, 3.8) is 0 Å². The second kappa shape index (κ2) is 5.06. The number of hydrogen-bond acceptors (Lipinski definition) is 3. The van der Waals surface area contributed by atoms with Crippen LogP contribution in [-0.4, -0.2) is 31.2 Å². The third-order valence-electron chi connectivity index (χ3n) is 4.04. The summed E-state index contributed by atoms with van der Waals surface area (Å²) in [6.07, 6.45) is 1.93. The van der Waals surface area contributed by atoms with E-state index in [0.717, 1.165) is 31.7 Å². The van der Waals surface area contributed by atoms with E-state index in [2.05, 4.69) is 60.2 Å². The van der Waals surface area contributed by atoms with Gasteiger partial charge in [-0.1, -0.05) is 26.8 Å². The molecule has 1 aliphatic heterocycles. The number of anilines is 1. The summed E-state index contributed by atoms with van der Waals surface area (Å²) in [5.41, 5.74) is 3.95. The van der Waals surface area contributed by atoms with Crippen molar-refractivity contribution in [2.75, 3.05) is 31.1 Å². The molecule has 0 spiro atoms. The number of nitrogens with zero attached hydrogens (tertiary/aromatic N) is 2. The highest BCUT2D eigenvalue weighted by molar-refractivity contribution is 5.92. The van der Waals surface area contributed by atoms with Crippen molar-refractivity contribution >= 4 is 16.6 Å². The summed E-state index contributed by atoms with van der Waals surface area (Å²) in [6.45, 7) is 11.0. The number of aromatic nitrogens is 1. The van der Waals surface area contributed by atoms with Gasteiger partial charge in [-0.3, -0.25) is 4.98 Å². The lowest BCUT2D eigenvalue weighted by atomic mass is 9.86. The number of nitrogens with one attached hydrogen (secondary N) is 1. The minimum absolute atomic E-state index is 0.171. The second-order valence-electron chi connectivity index (χ2n) is 6.55. The Morgan fingerprint density at radius 3 is 2.55 bits per heavy atom. The van der Waals surface area contributed by atoms with Crippen LogP contribution in [0.15, 0.2) is 30.5 Å². The van der Waals surface area contributed by atoms with Gasteiger partial charge in [0.25, 0.3) is 0 Å². The van der Waals surface area contributed by atoms with E-state index >= 15 is 0 Å². The van der Waals surface area contributed by atoms with Gasteiger partial charge in [-0.05, 0) is 29.2 Å². The smallest absolute Gasteiger partial charge is 0.0723 e. The molecule has 2 aromatic rings. The van der Waals surface area contributed by atoms with Crippen LogP contribution in [0.25, 0.3) is 10.9 Å². The maximum atomic E-state index is 4.52. The normalized spacial score (nSPS) is 16.6. The molecule has 1 N–H and O–H groups in total. The van der Waals surface area contributed by atoms with Crippen LogP contribution in [0.4, 0.5) is 5.69 Å². The van der Waals surface area contributed by atoms with Crippen molar-refractivity contribution in [2.24, 2.45) is 0 Å². The van der Waals surface area contributed by atoms with Crippen molar-refractivity contribution < 1.29 is 0 Å². The van der Waals surface area contributed by atoms with Gasteiger partial charge in [0.1, 0.15) is 0 Å². The van der Waals surface area contributed by atoms with Crippen molar-refractivity contribution in [1.29, 1.82) is 0 Å². The molecular formula is C17H23N3. The molecular weight excluding hydrogens is 246 g/mol. The highest BCUT2D eigenvalue weighted by Crippen LogP contribution is 2.30. The van der Waals surface area contributed by atoms with Crippen molar-refractivity contribution in [1.82, 2.24) is 10.3 Å². The van der Waals surface area contributed by atoms with Crippen molar-refractivity contribution in [2.45, 2.75) is 26.2 Å². The van der Waals surface area contributed by atoms with Crippen LogP contribution < -0.4 is 10.2 Å². The minimum atomic E-state index is 0.171. The van der Waals surface area contributed by atoms with Crippen LogP contribution >= 0.6 is 0 Å². The molecule has 106 valence electrons. The molecule has 1 aliphatic rings. The Labute approximate surface area is 121 Å². The van der Waals surface area contributed by atoms with E-state index in [9.17, 15) is 0 Å². The molecule has 0 radical (unpaired) electrons. The van der Waals surface area contributed by atoms with Gasteiger partial charge in [-0.2, -0.15) is 0 Å². The Morgan fingerprint density at radius 2 is 1.85 bits per heavy atom. The molecule has 0 atom stereocenters. The van der Waals surface area contributed by atoms with E-state index in [4.69, 9.17) is 0 Å². The number of pyridine rings is 1. The van der Waals surface area contributed by atoms with E-state index in [1.54, 1.807) is 0 Å². The standard InChI is InChI=1S/C17H23N3/c1-17(2,3)13-4-5-15-14(12-13)16(6-7-19-15)20-10-8-18-9-11-20/h4-7,12,18H,8-11H2,1-3H3. The van der Waals surface area contributed by atoms with Crippen LogP contribution in [-0.2, 0) is 5.41 Å². The zero-order valence-corrected chi connectivity index (χ0v) is 12.6. The van der Waals surface area contributed by atoms with Crippen molar-refractivity contribution in [3.05, 3.63) is 36.0 Å². The van der Waals surface area contributed by atoms with E-state index in [0.29, 0.717) is 0 Å². The van der Waals surface area contributed by atoms with Crippen LogP contribution in [0.2, 0.25) is 0 Å².